The van der Waals surface area contributed by atoms with Gasteiger partial charge < -0.3 is 10.7 Å². The third-order valence-corrected chi connectivity index (χ3v) is 1.38. The number of primary amides is 1. The number of halogens is 1. The van der Waals surface area contributed by atoms with Crippen LogP contribution >= 0.6 is 11.6 Å². The summed E-state index contributed by atoms with van der Waals surface area (Å²) >= 11 is 5.38. The van der Waals surface area contributed by atoms with Gasteiger partial charge in [-0.3, -0.25) is 9.59 Å². The number of nitrogens with one attached hydrogen (secondary N) is 1. The summed E-state index contributed by atoms with van der Waals surface area (Å²) in [4.78, 5) is 26.9. The number of amides is 1. The lowest BCUT2D eigenvalue weighted by molar-refractivity contribution is 0.0995. The summed E-state index contributed by atoms with van der Waals surface area (Å²) in [5.74, 6) is -0.818. The van der Waals surface area contributed by atoms with Gasteiger partial charge in [0.2, 0.25) is 0 Å². The van der Waals surface area contributed by atoms with Gasteiger partial charge in [-0.25, -0.2) is 4.98 Å². The van der Waals surface area contributed by atoms with Gasteiger partial charge in [0.25, 0.3) is 11.5 Å². The van der Waals surface area contributed by atoms with E-state index in [0.29, 0.717) is 0 Å². The van der Waals surface area contributed by atoms with Crippen LogP contribution in [0.3, 0.4) is 0 Å². The predicted octanol–water partition coefficient (Wildman–Crippen LogP) is -0.478. The van der Waals surface area contributed by atoms with Crippen molar-refractivity contribution >= 4 is 17.5 Å². The highest BCUT2D eigenvalue weighted by Crippen LogP contribution is 2.03. The average molecular weight is 174 g/mol. The highest BCUT2D eigenvalue weighted by atomic mass is 35.5. The molecule has 0 aliphatic carbocycles. The van der Waals surface area contributed by atoms with Crippen molar-refractivity contribution in [3.8, 4) is 0 Å². The Balaban J connectivity index is 3.39. The van der Waals surface area contributed by atoms with Crippen molar-refractivity contribution in [1.82, 2.24) is 9.97 Å². The second-order valence-corrected chi connectivity index (χ2v) is 2.14. The van der Waals surface area contributed by atoms with E-state index in [4.69, 9.17) is 17.3 Å². The van der Waals surface area contributed by atoms with Crippen LogP contribution in [-0.4, -0.2) is 15.9 Å². The molecule has 11 heavy (non-hydrogen) atoms. The van der Waals surface area contributed by atoms with Crippen molar-refractivity contribution in [2.24, 2.45) is 5.73 Å². The van der Waals surface area contributed by atoms with Gasteiger partial charge in [0.05, 0.1) is 6.33 Å². The van der Waals surface area contributed by atoms with E-state index in [0.717, 1.165) is 6.33 Å². The number of hydrogen-bond acceptors (Lipinski definition) is 3. The molecular weight excluding hydrogens is 170 g/mol. The van der Waals surface area contributed by atoms with Crippen LogP contribution in [0.25, 0.3) is 0 Å². The molecule has 0 atom stereocenters. The quantitative estimate of drug-likeness (QED) is 0.601. The Bertz CT molecular complexity index is 346. The molecule has 1 rings (SSSR count). The second kappa shape index (κ2) is 2.71. The first-order chi connectivity index (χ1) is 5.13. The maximum atomic E-state index is 10.7. The molecule has 0 radical (unpaired) electrons. The fourth-order valence-corrected chi connectivity index (χ4v) is 0.751. The molecule has 0 bridgehead atoms. The molecule has 0 aliphatic rings. The molecule has 1 aromatic heterocycles. The molecule has 6 heteroatoms. The lowest BCUT2D eigenvalue weighted by Crippen LogP contribution is -2.19. The molecule has 0 saturated heterocycles. The molecule has 0 fully saturated rings. The summed E-state index contributed by atoms with van der Waals surface area (Å²) in [6.45, 7) is 0. The van der Waals surface area contributed by atoms with Gasteiger partial charge in [0.1, 0.15) is 5.02 Å². The Labute approximate surface area is 66.2 Å². The number of aromatic amines is 1. The molecule has 0 saturated carbocycles. The summed E-state index contributed by atoms with van der Waals surface area (Å²) in [5.41, 5.74) is 4.06. The zero-order valence-electron chi connectivity index (χ0n) is 5.30. The Hall–Kier alpha value is -1.36. The molecule has 1 amide bonds. The van der Waals surface area contributed by atoms with Crippen LogP contribution in [0.4, 0.5) is 0 Å². The number of carbonyl (C=O) groups is 1. The van der Waals surface area contributed by atoms with Gasteiger partial charge in [0.15, 0.2) is 5.69 Å². The van der Waals surface area contributed by atoms with Gasteiger partial charge in [-0.1, -0.05) is 11.6 Å². The second-order valence-electron chi connectivity index (χ2n) is 1.76. The Morgan fingerprint density at radius 3 is 2.82 bits per heavy atom. The van der Waals surface area contributed by atoms with E-state index in [1.54, 1.807) is 0 Å². The zero-order chi connectivity index (χ0) is 8.43. The Kier molecular flexibility index (Phi) is 1.91. The highest BCUT2D eigenvalue weighted by Gasteiger charge is 2.09. The normalized spacial score (nSPS) is 9.55. The van der Waals surface area contributed by atoms with Crippen LogP contribution in [-0.2, 0) is 0 Å². The first-order valence-corrected chi connectivity index (χ1v) is 3.03. The molecule has 0 aromatic carbocycles. The molecule has 1 aromatic rings. The van der Waals surface area contributed by atoms with Crippen molar-refractivity contribution in [2.75, 3.05) is 0 Å². The van der Waals surface area contributed by atoms with Crippen LogP contribution in [0.15, 0.2) is 11.1 Å². The number of rotatable bonds is 1. The van der Waals surface area contributed by atoms with E-state index in [9.17, 15) is 9.59 Å². The molecule has 0 aliphatic heterocycles. The van der Waals surface area contributed by atoms with Gasteiger partial charge in [-0.2, -0.15) is 0 Å². The lowest BCUT2D eigenvalue weighted by atomic mass is 10.4. The fourth-order valence-electron chi connectivity index (χ4n) is 0.555. The summed E-state index contributed by atoms with van der Waals surface area (Å²) in [6.07, 6.45) is 1.06. The van der Waals surface area contributed by atoms with Crippen LogP contribution in [0.5, 0.6) is 0 Å². The van der Waals surface area contributed by atoms with Gasteiger partial charge in [0, 0.05) is 0 Å². The Morgan fingerprint density at radius 2 is 2.36 bits per heavy atom. The van der Waals surface area contributed by atoms with Crippen molar-refractivity contribution in [3.05, 3.63) is 27.4 Å². The van der Waals surface area contributed by atoms with Crippen molar-refractivity contribution in [1.29, 1.82) is 0 Å². The van der Waals surface area contributed by atoms with E-state index < -0.39 is 11.5 Å². The van der Waals surface area contributed by atoms with E-state index in [2.05, 4.69) is 9.97 Å². The third kappa shape index (κ3) is 1.38. The number of aromatic nitrogens is 2. The lowest BCUT2D eigenvalue weighted by Gasteiger charge is -1.93. The molecule has 0 unspecified atom stereocenters. The van der Waals surface area contributed by atoms with E-state index in [-0.39, 0.29) is 10.7 Å². The molecule has 1 heterocycles. The fraction of sp³-hybridized carbons (Fsp3) is 0. The van der Waals surface area contributed by atoms with Crippen LogP contribution < -0.4 is 11.3 Å². The number of H-pyrrole nitrogens is 1. The molecule has 3 N–H and O–H groups in total. The summed E-state index contributed by atoms with van der Waals surface area (Å²) < 4.78 is 0. The minimum absolute atomic E-state index is 0.213. The largest absolute Gasteiger partial charge is 0.364 e. The minimum Gasteiger partial charge on any atom is -0.364 e. The van der Waals surface area contributed by atoms with Crippen molar-refractivity contribution in [2.45, 2.75) is 0 Å². The van der Waals surface area contributed by atoms with Crippen LogP contribution in [0.2, 0.25) is 5.02 Å². The topological polar surface area (TPSA) is 88.8 Å². The van der Waals surface area contributed by atoms with Crippen LogP contribution in [0, 0.1) is 0 Å². The number of hydrogen-bond donors (Lipinski definition) is 2. The van der Waals surface area contributed by atoms with Crippen LogP contribution in [0.1, 0.15) is 10.5 Å². The van der Waals surface area contributed by atoms with Gasteiger partial charge in [-0.15, -0.1) is 0 Å². The van der Waals surface area contributed by atoms with E-state index in [1.807, 2.05) is 0 Å². The SMILES string of the molecule is NC(=O)c1nc[nH]c(=O)c1Cl. The Morgan fingerprint density at radius 1 is 1.73 bits per heavy atom. The maximum absolute atomic E-state index is 10.7. The van der Waals surface area contributed by atoms with Crippen molar-refractivity contribution < 1.29 is 4.79 Å². The average Bonchev–Trinajstić information content (AvgIpc) is 1.94. The number of nitrogens with two attached hydrogens (primary N) is 1. The molecule has 5 nitrogen and oxygen atoms in total. The number of nitrogens with zero attached hydrogens (tertiary/aromatic N) is 1. The van der Waals surface area contributed by atoms with E-state index >= 15 is 0 Å². The summed E-state index contributed by atoms with van der Waals surface area (Å²) in [5, 5.41) is -0.278. The first-order valence-electron chi connectivity index (χ1n) is 2.66. The summed E-state index contributed by atoms with van der Waals surface area (Å²) in [6, 6.07) is 0. The smallest absolute Gasteiger partial charge is 0.270 e. The van der Waals surface area contributed by atoms with Gasteiger partial charge >= 0.3 is 0 Å². The molecule has 58 valence electrons. The molecule has 0 spiro atoms. The molecular formula is C5H4ClN3O2. The number of carbonyl (C=O) groups excluding carboxylic acids is 1. The zero-order valence-corrected chi connectivity index (χ0v) is 6.05. The third-order valence-electron chi connectivity index (χ3n) is 1.03. The highest BCUT2D eigenvalue weighted by molar-refractivity contribution is 6.33. The maximum Gasteiger partial charge on any atom is 0.270 e. The first kappa shape index (κ1) is 7.74. The summed E-state index contributed by atoms with van der Waals surface area (Å²) in [7, 11) is 0. The van der Waals surface area contributed by atoms with E-state index in [1.165, 1.54) is 0 Å². The predicted molar refractivity (Wildman–Crippen MR) is 38.4 cm³/mol. The monoisotopic (exact) mass is 173 g/mol. The standard InChI is InChI=1S/C5H4ClN3O2/c6-2-3(4(7)10)8-1-9-5(2)11/h1H,(H2,7,10)(H,8,9,11). The van der Waals surface area contributed by atoms with Crippen molar-refractivity contribution in [3.63, 3.8) is 0 Å². The minimum atomic E-state index is -0.818. The van der Waals surface area contributed by atoms with Gasteiger partial charge in [-0.05, 0) is 0 Å².